The number of nitrogens with one attached hydrogen (secondary N) is 1. The van der Waals surface area contributed by atoms with Crippen molar-refractivity contribution in [3.63, 3.8) is 0 Å². The Morgan fingerprint density at radius 1 is 0.923 bits per heavy atom. The number of carboxylic acids is 1. The number of hydrogen-bond donors (Lipinski definition) is 2. The summed E-state index contributed by atoms with van der Waals surface area (Å²) in [6.45, 7) is 3.33. The smallest absolute Gasteiger partial charge is 0.303 e. The van der Waals surface area contributed by atoms with E-state index in [0.717, 1.165) is 0 Å². The summed E-state index contributed by atoms with van der Waals surface area (Å²) in [7, 11) is 0. The van der Waals surface area contributed by atoms with Crippen LogP contribution in [0.25, 0.3) is 22.9 Å². The van der Waals surface area contributed by atoms with E-state index in [0.29, 0.717) is 28.6 Å². The summed E-state index contributed by atoms with van der Waals surface area (Å²) in [5.74, 6) is -0.156. The number of aryl methyl sites for hydroxylation is 2. The molecule has 2 N–H and O–H groups in total. The SMILES string of the molecule is Cc1nnc(-c2cc(NC(=O)CCC(=O)O)cc(-c3nnc(C)o3)c2)o1. The van der Waals surface area contributed by atoms with Crippen molar-refractivity contribution in [2.45, 2.75) is 26.7 Å². The maximum Gasteiger partial charge on any atom is 0.303 e. The summed E-state index contributed by atoms with van der Waals surface area (Å²) in [6, 6.07) is 4.99. The minimum absolute atomic E-state index is 0.145. The van der Waals surface area contributed by atoms with Crippen LogP contribution < -0.4 is 5.32 Å². The molecular formula is C16H15N5O5. The maximum absolute atomic E-state index is 11.9. The molecule has 0 aliphatic heterocycles. The molecule has 0 unspecified atom stereocenters. The predicted octanol–water partition coefficient (Wildman–Crippen LogP) is 2.21. The van der Waals surface area contributed by atoms with Gasteiger partial charge in [-0.25, -0.2) is 0 Å². The average Bonchev–Trinajstić information content (AvgIpc) is 3.21. The monoisotopic (exact) mass is 357 g/mol. The highest BCUT2D eigenvalue weighted by Crippen LogP contribution is 2.29. The van der Waals surface area contributed by atoms with Gasteiger partial charge in [-0.2, -0.15) is 0 Å². The molecule has 3 aromatic rings. The molecule has 26 heavy (non-hydrogen) atoms. The van der Waals surface area contributed by atoms with E-state index in [1.807, 2.05) is 0 Å². The molecule has 0 saturated carbocycles. The topological polar surface area (TPSA) is 144 Å². The normalized spacial score (nSPS) is 10.7. The third kappa shape index (κ3) is 4.09. The Bertz CT molecular complexity index is 903. The first-order valence-electron chi connectivity index (χ1n) is 7.68. The van der Waals surface area contributed by atoms with Crippen LogP contribution >= 0.6 is 0 Å². The van der Waals surface area contributed by atoms with E-state index < -0.39 is 11.9 Å². The molecule has 10 nitrogen and oxygen atoms in total. The van der Waals surface area contributed by atoms with Gasteiger partial charge in [0.25, 0.3) is 0 Å². The third-order valence-corrected chi connectivity index (χ3v) is 3.33. The highest BCUT2D eigenvalue weighted by atomic mass is 16.4. The zero-order chi connectivity index (χ0) is 18.7. The van der Waals surface area contributed by atoms with Crippen LogP contribution in [0.1, 0.15) is 24.6 Å². The van der Waals surface area contributed by atoms with Crippen molar-refractivity contribution in [1.29, 1.82) is 0 Å². The van der Waals surface area contributed by atoms with Gasteiger partial charge in [-0.1, -0.05) is 0 Å². The molecule has 2 heterocycles. The maximum atomic E-state index is 11.9. The Kier molecular flexibility index (Phi) is 4.74. The van der Waals surface area contributed by atoms with Crippen molar-refractivity contribution in [3.8, 4) is 22.9 Å². The van der Waals surface area contributed by atoms with Gasteiger partial charge in [0.1, 0.15) is 0 Å². The van der Waals surface area contributed by atoms with Crippen molar-refractivity contribution in [1.82, 2.24) is 20.4 Å². The number of benzene rings is 1. The number of nitrogens with zero attached hydrogens (tertiary/aromatic N) is 4. The zero-order valence-electron chi connectivity index (χ0n) is 14.0. The van der Waals surface area contributed by atoms with Crippen molar-refractivity contribution < 1.29 is 23.5 Å². The van der Waals surface area contributed by atoms with Gasteiger partial charge in [-0.05, 0) is 18.2 Å². The molecule has 0 atom stereocenters. The van der Waals surface area contributed by atoms with Gasteiger partial charge in [-0.15, -0.1) is 20.4 Å². The molecule has 0 aliphatic carbocycles. The summed E-state index contributed by atoms with van der Waals surface area (Å²) >= 11 is 0. The van der Waals surface area contributed by atoms with Crippen molar-refractivity contribution in [2.24, 2.45) is 0 Å². The van der Waals surface area contributed by atoms with Crippen LogP contribution in [-0.4, -0.2) is 37.4 Å². The number of carbonyl (C=O) groups is 2. The summed E-state index contributed by atoms with van der Waals surface area (Å²) in [5.41, 5.74) is 1.51. The van der Waals surface area contributed by atoms with Gasteiger partial charge in [0.2, 0.25) is 29.5 Å². The lowest BCUT2D eigenvalue weighted by atomic mass is 10.1. The molecule has 0 saturated heterocycles. The second kappa shape index (κ2) is 7.13. The van der Waals surface area contributed by atoms with E-state index >= 15 is 0 Å². The Labute approximate surface area is 147 Å². The van der Waals surface area contributed by atoms with Crippen molar-refractivity contribution in [2.75, 3.05) is 5.32 Å². The Balaban J connectivity index is 1.95. The van der Waals surface area contributed by atoms with Gasteiger partial charge >= 0.3 is 5.97 Å². The number of amides is 1. The predicted molar refractivity (Wildman–Crippen MR) is 88.0 cm³/mol. The Hall–Kier alpha value is -3.56. The van der Waals surface area contributed by atoms with E-state index in [4.69, 9.17) is 13.9 Å². The van der Waals surface area contributed by atoms with Crippen LogP contribution in [0.3, 0.4) is 0 Å². The van der Waals surface area contributed by atoms with Crippen LogP contribution in [0.15, 0.2) is 27.0 Å². The summed E-state index contributed by atoms with van der Waals surface area (Å²) < 4.78 is 10.9. The number of aromatic nitrogens is 4. The first kappa shape index (κ1) is 17.3. The molecule has 1 amide bonds. The van der Waals surface area contributed by atoms with Gasteiger partial charge in [0.15, 0.2) is 0 Å². The summed E-state index contributed by atoms with van der Waals surface area (Å²) in [5, 5.41) is 26.8. The quantitative estimate of drug-likeness (QED) is 0.678. The first-order valence-corrected chi connectivity index (χ1v) is 7.68. The molecule has 0 bridgehead atoms. The minimum Gasteiger partial charge on any atom is -0.481 e. The van der Waals surface area contributed by atoms with E-state index in [-0.39, 0.29) is 24.6 Å². The molecule has 10 heteroatoms. The molecule has 0 fully saturated rings. The lowest BCUT2D eigenvalue weighted by Crippen LogP contribution is -2.13. The highest BCUT2D eigenvalue weighted by Gasteiger charge is 2.15. The van der Waals surface area contributed by atoms with E-state index in [9.17, 15) is 9.59 Å². The second-order valence-corrected chi connectivity index (χ2v) is 5.49. The van der Waals surface area contributed by atoms with Crippen LogP contribution in [0, 0.1) is 13.8 Å². The lowest BCUT2D eigenvalue weighted by Gasteiger charge is -2.08. The number of aliphatic carboxylic acids is 1. The van der Waals surface area contributed by atoms with E-state index in [1.165, 1.54) is 0 Å². The second-order valence-electron chi connectivity index (χ2n) is 5.49. The number of rotatable bonds is 6. The Morgan fingerprint density at radius 3 is 1.88 bits per heavy atom. The van der Waals surface area contributed by atoms with E-state index in [1.54, 1.807) is 32.0 Å². The van der Waals surface area contributed by atoms with Crippen LogP contribution in [0.4, 0.5) is 5.69 Å². The van der Waals surface area contributed by atoms with E-state index in [2.05, 4.69) is 25.7 Å². The summed E-state index contributed by atoms with van der Waals surface area (Å²) in [4.78, 5) is 22.5. The highest BCUT2D eigenvalue weighted by molar-refractivity contribution is 5.93. The average molecular weight is 357 g/mol. The molecule has 3 rings (SSSR count). The minimum atomic E-state index is -1.04. The first-order chi connectivity index (χ1) is 12.4. The fourth-order valence-corrected chi connectivity index (χ4v) is 2.22. The standard InChI is InChI=1S/C16H15N5O5/c1-8-18-20-15(25-8)10-5-11(16-21-19-9(2)26-16)7-12(6-10)17-13(22)3-4-14(23)24/h5-7H,3-4H2,1-2H3,(H,17,22)(H,23,24). The zero-order valence-corrected chi connectivity index (χ0v) is 14.0. The fourth-order valence-electron chi connectivity index (χ4n) is 2.22. The third-order valence-electron chi connectivity index (χ3n) is 3.33. The number of carboxylic acid groups (broad SMARTS) is 1. The van der Waals surface area contributed by atoms with Crippen molar-refractivity contribution in [3.05, 3.63) is 30.0 Å². The number of anilines is 1. The van der Waals surface area contributed by atoms with Crippen molar-refractivity contribution >= 4 is 17.6 Å². The lowest BCUT2D eigenvalue weighted by molar-refractivity contribution is -0.138. The Morgan fingerprint density at radius 2 is 1.46 bits per heavy atom. The molecule has 2 aromatic heterocycles. The van der Waals surface area contributed by atoms with Gasteiger partial charge in [0.05, 0.1) is 6.42 Å². The van der Waals surface area contributed by atoms with Gasteiger partial charge in [0, 0.05) is 37.1 Å². The summed E-state index contributed by atoms with van der Waals surface area (Å²) in [6.07, 6.45) is -0.404. The number of carbonyl (C=O) groups excluding carboxylic acids is 1. The van der Waals surface area contributed by atoms with Crippen LogP contribution in [0.5, 0.6) is 0 Å². The molecule has 0 aliphatic rings. The largest absolute Gasteiger partial charge is 0.481 e. The molecular weight excluding hydrogens is 342 g/mol. The fraction of sp³-hybridized carbons (Fsp3) is 0.250. The molecule has 1 aromatic carbocycles. The molecule has 0 spiro atoms. The van der Waals surface area contributed by atoms with Crippen LogP contribution in [-0.2, 0) is 9.59 Å². The van der Waals surface area contributed by atoms with Gasteiger partial charge in [-0.3, -0.25) is 9.59 Å². The number of hydrogen-bond acceptors (Lipinski definition) is 8. The van der Waals surface area contributed by atoms with Crippen LogP contribution in [0.2, 0.25) is 0 Å². The molecule has 134 valence electrons. The van der Waals surface area contributed by atoms with Gasteiger partial charge < -0.3 is 19.3 Å². The molecule has 0 radical (unpaired) electrons.